The summed E-state index contributed by atoms with van der Waals surface area (Å²) in [5.41, 5.74) is 6.28. The van der Waals surface area contributed by atoms with Crippen LogP contribution in [0.4, 0.5) is 4.39 Å². The molecule has 0 aliphatic heterocycles. The van der Waals surface area contributed by atoms with Crippen LogP contribution in [-0.4, -0.2) is 10.2 Å². The molecule has 0 amide bonds. The average molecular weight is 403 g/mol. The van der Waals surface area contributed by atoms with Gasteiger partial charge in [0.1, 0.15) is 0 Å². The fourth-order valence-electron chi connectivity index (χ4n) is 4.15. The van der Waals surface area contributed by atoms with Crippen LogP contribution in [0.1, 0.15) is 36.0 Å². The molecule has 1 aromatic heterocycles. The highest BCUT2D eigenvalue weighted by atomic mass is 35.5. The number of halogens is 2. The number of hydrogen-bond acceptors (Lipinski definition) is 1. The highest BCUT2D eigenvalue weighted by Gasteiger charge is 2.27. The number of allylic oxidation sites excluding steroid dienone is 1. The summed E-state index contributed by atoms with van der Waals surface area (Å²) in [4.78, 5) is 0. The van der Waals surface area contributed by atoms with Crippen LogP contribution in [0.5, 0.6) is 0 Å². The van der Waals surface area contributed by atoms with E-state index in [4.69, 9.17) is 11.6 Å². The molecular formula is C25H20ClFN2. The highest BCUT2D eigenvalue weighted by Crippen LogP contribution is 2.45. The van der Waals surface area contributed by atoms with Crippen molar-refractivity contribution < 1.29 is 4.39 Å². The fourth-order valence-corrected chi connectivity index (χ4v) is 4.35. The SMILES string of the molecule is Fc1[nH]nc2ccc(/C(=C(/c3ccccc3)C3CCC3)c3cccc(Cl)c3)cc12. The summed E-state index contributed by atoms with van der Waals surface area (Å²) in [6.07, 6.45) is 3.56. The lowest BCUT2D eigenvalue weighted by Crippen LogP contribution is -2.15. The maximum Gasteiger partial charge on any atom is 0.216 e. The number of nitrogens with zero attached hydrogens (tertiary/aromatic N) is 1. The van der Waals surface area contributed by atoms with Crippen LogP contribution in [-0.2, 0) is 0 Å². The molecule has 1 N–H and O–H groups in total. The lowest BCUT2D eigenvalue weighted by Gasteiger charge is -2.31. The van der Waals surface area contributed by atoms with E-state index in [9.17, 15) is 4.39 Å². The maximum atomic E-state index is 14.3. The predicted octanol–water partition coefficient (Wildman–Crippen LogP) is 7.11. The summed E-state index contributed by atoms with van der Waals surface area (Å²) >= 11 is 6.36. The molecule has 0 unspecified atom stereocenters. The van der Waals surface area contributed by atoms with E-state index in [0.29, 0.717) is 21.8 Å². The monoisotopic (exact) mass is 402 g/mol. The van der Waals surface area contributed by atoms with Gasteiger partial charge in [-0.1, -0.05) is 66.6 Å². The number of nitrogens with one attached hydrogen (secondary N) is 1. The molecule has 4 aromatic rings. The minimum absolute atomic E-state index is 0.405. The van der Waals surface area contributed by atoms with Gasteiger partial charge in [0, 0.05) is 5.02 Å². The number of benzene rings is 3. The number of rotatable bonds is 4. The highest BCUT2D eigenvalue weighted by molar-refractivity contribution is 6.30. The van der Waals surface area contributed by atoms with Gasteiger partial charge in [0.2, 0.25) is 5.95 Å². The van der Waals surface area contributed by atoms with Crippen molar-refractivity contribution in [1.82, 2.24) is 10.2 Å². The molecule has 1 saturated carbocycles. The van der Waals surface area contributed by atoms with Crippen molar-refractivity contribution in [2.75, 3.05) is 0 Å². The minimum atomic E-state index is -0.405. The second-order valence-electron chi connectivity index (χ2n) is 7.56. The van der Waals surface area contributed by atoms with E-state index in [0.717, 1.165) is 29.5 Å². The van der Waals surface area contributed by atoms with Gasteiger partial charge in [-0.25, -0.2) is 0 Å². The van der Waals surface area contributed by atoms with Gasteiger partial charge in [0.05, 0.1) is 10.9 Å². The quantitative estimate of drug-likeness (QED) is 0.362. The Kier molecular flexibility index (Phi) is 4.69. The van der Waals surface area contributed by atoms with E-state index in [1.165, 1.54) is 17.6 Å². The van der Waals surface area contributed by atoms with Crippen molar-refractivity contribution in [3.8, 4) is 0 Å². The Hall–Kier alpha value is -2.91. The van der Waals surface area contributed by atoms with Crippen LogP contribution in [0.3, 0.4) is 0 Å². The Balaban J connectivity index is 1.83. The first-order chi connectivity index (χ1) is 14.2. The number of aromatic nitrogens is 2. The third-order valence-electron chi connectivity index (χ3n) is 5.78. The molecule has 5 rings (SSSR count). The third-order valence-corrected chi connectivity index (χ3v) is 6.01. The first kappa shape index (κ1) is 18.1. The summed E-state index contributed by atoms with van der Waals surface area (Å²) in [5.74, 6) is 0.0773. The second kappa shape index (κ2) is 7.49. The largest absolute Gasteiger partial charge is 0.252 e. The fraction of sp³-hybridized carbons (Fsp3) is 0.160. The van der Waals surface area contributed by atoms with Gasteiger partial charge in [-0.05, 0) is 70.9 Å². The van der Waals surface area contributed by atoms with Crippen LogP contribution < -0.4 is 0 Å². The smallest absolute Gasteiger partial charge is 0.216 e. The normalized spacial score (nSPS) is 15.2. The van der Waals surface area contributed by atoms with Crippen molar-refractivity contribution >= 4 is 33.7 Å². The molecule has 1 heterocycles. The lowest BCUT2D eigenvalue weighted by atomic mass is 9.73. The van der Waals surface area contributed by atoms with Gasteiger partial charge < -0.3 is 0 Å². The minimum Gasteiger partial charge on any atom is -0.252 e. The lowest BCUT2D eigenvalue weighted by molar-refractivity contribution is 0.401. The molecule has 1 aliphatic rings. The van der Waals surface area contributed by atoms with Gasteiger partial charge in [0.25, 0.3) is 0 Å². The average Bonchev–Trinajstić information content (AvgIpc) is 3.07. The first-order valence-electron chi connectivity index (χ1n) is 9.90. The molecule has 144 valence electrons. The molecule has 0 spiro atoms. The van der Waals surface area contributed by atoms with Gasteiger partial charge in [-0.3, -0.25) is 5.10 Å². The molecule has 1 aliphatic carbocycles. The van der Waals surface area contributed by atoms with Crippen molar-refractivity contribution in [3.05, 3.63) is 100 Å². The Bertz CT molecular complexity index is 1210. The summed E-state index contributed by atoms with van der Waals surface area (Å²) in [7, 11) is 0. The number of aromatic amines is 1. The van der Waals surface area contributed by atoms with Gasteiger partial charge in [-0.2, -0.15) is 9.49 Å². The zero-order valence-electron chi connectivity index (χ0n) is 15.8. The Morgan fingerprint density at radius 1 is 0.897 bits per heavy atom. The van der Waals surface area contributed by atoms with Crippen molar-refractivity contribution in [2.24, 2.45) is 5.92 Å². The summed E-state index contributed by atoms with van der Waals surface area (Å²) < 4.78 is 14.3. The van der Waals surface area contributed by atoms with Gasteiger partial charge >= 0.3 is 0 Å². The molecule has 3 aromatic carbocycles. The van der Waals surface area contributed by atoms with Crippen molar-refractivity contribution in [1.29, 1.82) is 0 Å². The summed E-state index contributed by atoms with van der Waals surface area (Å²) in [6, 6.07) is 24.2. The van der Waals surface area contributed by atoms with Crippen molar-refractivity contribution in [2.45, 2.75) is 19.3 Å². The van der Waals surface area contributed by atoms with Crippen LogP contribution in [0, 0.1) is 11.9 Å². The molecule has 0 atom stereocenters. The predicted molar refractivity (Wildman–Crippen MR) is 117 cm³/mol. The van der Waals surface area contributed by atoms with Crippen LogP contribution in [0.2, 0.25) is 5.02 Å². The Morgan fingerprint density at radius 3 is 2.38 bits per heavy atom. The van der Waals surface area contributed by atoms with E-state index < -0.39 is 5.95 Å². The maximum absolute atomic E-state index is 14.3. The first-order valence-corrected chi connectivity index (χ1v) is 10.3. The Labute approximate surface area is 174 Å². The van der Waals surface area contributed by atoms with Gasteiger partial charge in [-0.15, -0.1) is 0 Å². The van der Waals surface area contributed by atoms with Crippen LogP contribution >= 0.6 is 11.6 Å². The number of hydrogen-bond donors (Lipinski definition) is 1. The summed E-state index contributed by atoms with van der Waals surface area (Å²) in [5, 5.41) is 7.67. The summed E-state index contributed by atoms with van der Waals surface area (Å²) in [6.45, 7) is 0. The van der Waals surface area contributed by atoms with E-state index in [1.54, 1.807) is 0 Å². The van der Waals surface area contributed by atoms with Crippen LogP contribution in [0.25, 0.3) is 22.0 Å². The van der Waals surface area contributed by atoms with Crippen LogP contribution in [0.15, 0.2) is 72.8 Å². The molecule has 4 heteroatoms. The van der Waals surface area contributed by atoms with Gasteiger partial charge in [0.15, 0.2) is 0 Å². The van der Waals surface area contributed by atoms with E-state index >= 15 is 0 Å². The second-order valence-corrected chi connectivity index (χ2v) is 8.00. The van der Waals surface area contributed by atoms with E-state index in [2.05, 4.69) is 40.5 Å². The molecule has 29 heavy (non-hydrogen) atoms. The molecule has 0 bridgehead atoms. The molecule has 2 nitrogen and oxygen atoms in total. The molecule has 0 saturated heterocycles. The number of fused-ring (bicyclic) bond motifs is 1. The Morgan fingerprint density at radius 2 is 1.66 bits per heavy atom. The molecule has 1 fully saturated rings. The standard InChI is InChI=1S/C25H20ClFN2/c26-20-11-5-10-18(14-20)24(19-12-13-22-21(15-19)25(27)29-28-22)23(17-8-4-9-17)16-6-2-1-3-7-16/h1-3,5-7,10-15,17H,4,8-9H2,(H,28,29)/b24-23-. The molecule has 0 radical (unpaired) electrons. The molecular weight excluding hydrogens is 383 g/mol. The van der Waals surface area contributed by atoms with E-state index in [-0.39, 0.29) is 0 Å². The number of H-pyrrole nitrogens is 1. The third kappa shape index (κ3) is 3.36. The topological polar surface area (TPSA) is 28.7 Å². The van der Waals surface area contributed by atoms with E-state index in [1.807, 2.05) is 42.5 Å². The van der Waals surface area contributed by atoms with Crippen molar-refractivity contribution in [3.63, 3.8) is 0 Å². The zero-order valence-corrected chi connectivity index (χ0v) is 16.6. The zero-order chi connectivity index (χ0) is 19.8.